The Labute approximate surface area is 162 Å². The average molecular weight is 389 g/mol. The van der Waals surface area contributed by atoms with E-state index in [1.807, 2.05) is 24.3 Å². The van der Waals surface area contributed by atoms with E-state index in [0.29, 0.717) is 36.9 Å². The van der Waals surface area contributed by atoms with Gasteiger partial charge in [-0.15, -0.1) is 0 Å². The Bertz CT molecular complexity index is 860. The van der Waals surface area contributed by atoms with Gasteiger partial charge in [-0.1, -0.05) is 29.8 Å². The fraction of sp³-hybridized carbons (Fsp3) is 0.421. The van der Waals surface area contributed by atoms with Crippen molar-refractivity contribution in [3.8, 4) is 0 Å². The summed E-state index contributed by atoms with van der Waals surface area (Å²) in [5.41, 5.74) is 1.58. The summed E-state index contributed by atoms with van der Waals surface area (Å²) in [7, 11) is 0. The van der Waals surface area contributed by atoms with Gasteiger partial charge >= 0.3 is 0 Å². The molecule has 3 heterocycles. The topological polar surface area (TPSA) is 76.5 Å². The van der Waals surface area contributed by atoms with Crippen LogP contribution >= 0.6 is 11.6 Å². The lowest BCUT2D eigenvalue weighted by atomic mass is 10.2. The number of fused-ring (bicyclic) bond motifs is 1. The third-order valence-electron chi connectivity index (χ3n) is 4.93. The lowest BCUT2D eigenvalue weighted by Gasteiger charge is -2.27. The van der Waals surface area contributed by atoms with E-state index in [-0.39, 0.29) is 23.6 Å². The van der Waals surface area contributed by atoms with Gasteiger partial charge in [-0.3, -0.25) is 14.3 Å². The molecule has 27 heavy (non-hydrogen) atoms. The van der Waals surface area contributed by atoms with Gasteiger partial charge in [0.25, 0.3) is 11.8 Å². The zero-order valence-electron chi connectivity index (χ0n) is 14.9. The smallest absolute Gasteiger partial charge is 0.272 e. The number of amides is 2. The Kier molecular flexibility index (Phi) is 5.13. The first-order valence-corrected chi connectivity index (χ1v) is 9.50. The first-order valence-electron chi connectivity index (χ1n) is 9.12. The van der Waals surface area contributed by atoms with Gasteiger partial charge in [0.1, 0.15) is 5.69 Å². The summed E-state index contributed by atoms with van der Waals surface area (Å²) < 4.78 is 7.11. The number of nitrogens with zero attached hydrogens (tertiary/aromatic N) is 3. The fourth-order valence-corrected chi connectivity index (χ4v) is 3.63. The van der Waals surface area contributed by atoms with Crippen molar-refractivity contribution in [3.05, 3.63) is 52.3 Å². The predicted molar refractivity (Wildman–Crippen MR) is 99.7 cm³/mol. The number of carbonyl (C=O) groups excluding carboxylic acids is 2. The normalized spacial score (nSPS) is 19.2. The number of halogens is 1. The summed E-state index contributed by atoms with van der Waals surface area (Å²) in [6.45, 7) is 2.72. The van der Waals surface area contributed by atoms with Crippen molar-refractivity contribution in [1.82, 2.24) is 20.0 Å². The monoisotopic (exact) mass is 388 g/mol. The van der Waals surface area contributed by atoms with Crippen molar-refractivity contribution in [2.24, 2.45) is 0 Å². The summed E-state index contributed by atoms with van der Waals surface area (Å²) >= 11 is 6.21. The number of carbonyl (C=O) groups is 2. The highest BCUT2D eigenvalue weighted by molar-refractivity contribution is 6.31. The van der Waals surface area contributed by atoms with E-state index in [1.54, 1.807) is 15.6 Å². The molecule has 0 bridgehead atoms. The second-order valence-corrected chi connectivity index (χ2v) is 7.21. The second-order valence-electron chi connectivity index (χ2n) is 6.80. The Morgan fingerprint density at radius 1 is 1.33 bits per heavy atom. The van der Waals surface area contributed by atoms with Crippen molar-refractivity contribution < 1.29 is 14.3 Å². The molecule has 8 heteroatoms. The first-order chi connectivity index (χ1) is 13.1. The fourth-order valence-electron chi connectivity index (χ4n) is 3.43. The lowest BCUT2D eigenvalue weighted by Crippen LogP contribution is -2.39. The molecule has 0 spiro atoms. The minimum atomic E-state index is -0.280. The molecule has 0 saturated carbocycles. The minimum absolute atomic E-state index is 0.0685. The van der Waals surface area contributed by atoms with E-state index >= 15 is 0 Å². The van der Waals surface area contributed by atoms with Crippen LogP contribution in [-0.2, 0) is 17.8 Å². The molecular weight excluding hydrogens is 368 g/mol. The van der Waals surface area contributed by atoms with Gasteiger partial charge in [-0.05, 0) is 24.5 Å². The molecule has 2 aliphatic rings. The minimum Gasteiger partial charge on any atom is -0.376 e. The van der Waals surface area contributed by atoms with E-state index < -0.39 is 0 Å². The van der Waals surface area contributed by atoms with Crippen LogP contribution in [0.5, 0.6) is 0 Å². The molecule has 1 N–H and O–H groups in total. The van der Waals surface area contributed by atoms with Gasteiger partial charge in [0.15, 0.2) is 5.69 Å². The first kappa shape index (κ1) is 18.0. The zero-order chi connectivity index (χ0) is 18.8. The van der Waals surface area contributed by atoms with Crippen LogP contribution in [0.25, 0.3) is 0 Å². The number of ether oxygens (including phenoxy) is 1. The maximum atomic E-state index is 12.8. The van der Waals surface area contributed by atoms with Crippen molar-refractivity contribution in [2.75, 3.05) is 19.7 Å². The standard InChI is InChI=1S/C19H21ClN4O3/c20-15-6-2-1-4-13(15)12-23-7-8-24-17(19(23)26)10-16(22-24)18(25)21-11-14-5-3-9-27-14/h1-2,4,6,10,14H,3,5,7-9,11-12H2,(H,21,25)/t14-/m1/s1. The van der Waals surface area contributed by atoms with Crippen LogP contribution in [0, 0.1) is 0 Å². The van der Waals surface area contributed by atoms with Gasteiger partial charge in [-0.2, -0.15) is 5.10 Å². The Balaban J connectivity index is 1.43. The van der Waals surface area contributed by atoms with Crippen LogP contribution in [0.1, 0.15) is 39.4 Å². The van der Waals surface area contributed by atoms with Crippen molar-refractivity contribution in [1.29, 1.82) is 0 Å². The van der Waals surface area contributed by atoms with Gasteiger partial charge in [0.05, 0.1) is 12.6 Å². The van der Waals surface area contributed by atoms with Gasteiger partial charge < -0.3 is 15.0 Å². The lowest BCUT2D eigenvalue weighted by molar-refractivity contribution is 0.0683. The third-order valence-corrected chi connectivity index (χ3v) is 5.30. The molecule has 2 aromatic rings. The van der Waals surface area contributed by atoms with E-state index in [0.717, 1.165) is 25.0 Å². The molecule has 1 atom stereocenters. The summed E-state index contributed by atoms with van der Waals surface area (Å²) in [5.74, 6) is -0.426. The Morgan fingerprint density at radius 3 is 2.96 bits per heavy atom. The highest BCUT2D eigenvalue weighted by Crippen LogP contribution is 2.21. The largest absolute Gasteiger partial charge is 0.376 e. The average Bonchev–Trinajstić information content (AvgIpc) is 3.33. The molecular formula is C19H21ClN4O3. The molecule has 0 aliphatic carbocycles. The number of aromatic nitrogens is 2. The van der Waals surface area contributed by atoms with Crippen molar-refractivity contribution in [2.45, 2.75) is 32.0 Å². The summed E-state index contributed by atoms with van der Waals surface area (Å²) in [6.07, 6.45) is 2.05. The van der Waals surface area contributed by atoms with Crippen LogP contribution in [0.4, 0.5) is 0 Å². The van der Waals surface area contributed by atoms with Crippen molar-refractivity contribution >= 4 is 23.4 Å². The Hall–Kier alpha value is -2.38. The van der Waals surface area contributed by atoms with Gasteiger partial charge in [0.2, 0.25) is 0 Å². The molecule has 0 radical (unpaired) electrons. The highest BCUT2D eigenvalue weighted by atomic mass is 35.5. The highest BCUT2D eigenvalue weighted by Gasteiger charge is 2.28. The van der Waals surface area contributed by atoms with E-state index in [9.17, 15) is 9.59 Å². The molecule has 1 aromatic heterocycles. The molecule has 7 nitrogen and oxygen atoms in total. The van der Waals surface area contributed by atoms with E-state index in [1.165, 1.54) is 0 Å². The quantitative estimate of drug-likeness (QED) is 0.851. The molecule has 1 saturated heterocycles. The SMILES string of the molecule is O=C(NC[C@H]1CCCO1)c1cc2n(n1)CCN(Cc1ccccc1Cl)C2=O. The van der Waals surface area contributed by atoms with Gasteiger partial charge in [-0.25, -0.2) is 0 Å². The van der Waals surface area contributed by atoms with Crippen LogP contribution in [-0.4, -0.2) is 52.3 Å². The maximum Gasteiger partial charge on any atom is 0.272 e. The number of hydrogen-bond donors (Lipinski definition) is 1. The van der Waals surface area contributed by atoms with Crippen LogP contribution in [0.15, 0.2) is 30.3 Å². The summed E-state index contributed by atoms with van der Waals surface area (Å²) in [5, 5.41) is 7.77. The molecule has 2 amide bonds. The maximum absolute atomic E-state index is 12.8. The van der Waals surface area contributed by atoms with E-state index in [4.69, 9.17) is 16.3 Å². The number of nitrogens with one attached hydrogen (secondary N) is 1. The predicted octanol–water partition coefficient (Wildman–Crippen LogP) is 2.10. The number of hydrogen-bond acceptors (Lipinski definition) is 4. The molecule has 1 aromatic carbocycles. The number of rotatable bonds is 5. The van der Waals surface area contributed by atoms with Crippen LogP contribution < -0.4 is 5.32 Å². The summed E-state index contributed by atoms with van der Waals surface area (Å²) in [6, 6.07) is 9.04. The Morgan fingerprint density at radius 2 is 2.19 bits per heavy atom. The second kappa shape index (κ2) is 7.70. The molecule has 2 aliphatic heterocycles. The molecule has 0 unspecified atom stereocenters. The number of benzene rings is 1. The molecule has 1 fully saturated rings. The summed E-state index contributed by atoms with van der Waals surface area (Å²) in [4.78, 5) is 26.9. The molecule has 142 valence electrons. The zero-order valence-corrected chi connectivity index (χ0v) is 15.6. The van der Waals surface area contributed by atoms with Crippen LogP contribution in [0.2, 0.25) is 5.02 Å². The van der Waals surface area contributed by atoms with Crippen LogP contribution in [0.3, 0.4) is 0 Å². The van der Waals surface area contributed by atoms with Gasteiger partial charge in [0, 0.05) is 37.3 Å². The molecule has 4 rings (SSSR count). The van der Waals surface area contributed by atoms with Crippen molar-refractivity contribution in [3.63, 3.8) is 0 Å². The third kappa shape index (κ3) is 3.84. The van der Waals surface area contributed by atoms with E-state index in [2.05, 4.69) is 10.4 Å².